The van der Waals surface area contributed by atoms with Crippen molar-refractivity contribution in [2.24, 2.45) is 22.7 Å². The summed E-state index contributed by atoms with van der Waals surface area (Å²) in [7, 11) is 0. The Morgan fingerprint density at radius 1 is 1.21 bits per heavy atom. The van der Waals surface area contributed by atoms with Gasteiger partial charge in [-0.25, -0.2) is 5.84 Å². The van der Waals surface area contributed by atoms with Gasteiger partial charge in [-0.1, -0.05) is 20.8 Å². The summed E-state index contributed by atoms with van der Waals surface area (Å²) in [5.41, 5.74) is 2.57. The van der Waals surface area contributed by atoms with E-state index in [4.69, 9.17) is 5.84 Å². The topological polar surface area (TPSA) is 62.4 Å². The summed E-state index contributed by atoms with van der Waals surface area (Å²) in [4.78, 5) is 4.37. The number of rotatable bonds is 4. The molecule has 0 aliphatic carbocycles. The number of hydrazine groups is 1. The van der Waals surface area contributed by atoms with Crippen LogP contribution in [0.4, 0.5) is 0 Å². The first kappa shape index (κ1) is 13.2. The maximum Gasteiger partial charge on any atom is 0.205 e. The molecular formula is C10H24N4. The lowest BCUT2D eigenvalue weighted by molar-refractivity contribution is 0.429. The minimum absolute atomic E-state index is 0.346. The van der Waals surface area contributed by atoms with Gasteiger partial charge in [0.05, 0.1) is 0 Å². The summed E-state index contributed by atoms with van der Waals surface area (Å²) >= 11 is 0. The molecule has 0 spiro atoms. The van der Waals surface area contributed by atoms with E-state index in [0.29, 0.717) is 23.8 Å². The normalized spacial score (nSPS) is 14.7. The number of aliphatic imine (C=N–C) groups is 1. The second-order valence-electron chi connectivity index (χ2n) is 4.35. The lowest BCUT2D eigenvalue weighted by Gasteiger charge is -2.15. The van der Waals surface area contributed by atoms with Crippen LogP contribution in [-0.4, -0.2) is 18.5 Å². The molecule has 4 heteroatoms. The number of hydrogen-bond donors (Lipinski definition) is 3. The largest absolute Gasteiger partial charge is 0.353 e. The standard InChI is InChI=1S/C10H24N4/c1-7(2)9(5)6-12-10(14-11)13-8(3)4/h7-9H,6,11H2,1-5H3,(H2,12,13,14). The SMILES string of the molecule is CC(C)NC(=NCC(C)C(C)C)NN. The Bertz CT molecular complexity index is 175. The van der Waals surface area contributed by atoms with E-state index < -0.39 is 0 Å². The highest BCUT2D eigenvalue weighted by molar-refractivity contribution is 5.79. The molecule has 0 bridgehead atoms. The van der Waals surface area contributed by atoms with Gasteiger partial charge < -0.3 is 5.32 Å². The third-order valence-electron chi connectivity index (χ3n) is 2.24. The van der Waals surface area contributed by atoms with Crippen LogP contribution in [-0.2, 0) is 0 Å². The zero-order chi connectivity index (χ0) is 11.1. The Hall–Kier alpha value is -0.770. The second kappa shape index (κ2) is 6.65. The van der Waals surface area contributed by atoms with Gasteiger partial charge in [0.1, 0.15) is 0 Å². The van der Waals surface area contributed by atoms with E-state index in [1.54, 1.807) is 0 Å². The lowest BCUT2D eigenvalue weighted by Crippen LogP contribution is -2.44. The molecule has 0 aliphatic rings. The van der Waals surface area contributed by atoms with E-state index in [2.05, 4.69) is 50.4 Å². The average molecular weight is 200 g/mol. The third-order valence-corrected chi connectivity index (χ3v) is 2.24. The molecule has 0 heterocycles. The first-order valence-electron chi connectivity index (χ1n) is 5.25. The number of nitrogens with two attached hydrogens (primary N) is 1. The molecule has 0 fully saturated rings. The van der Waals surface area contributed by atoms with Crippen molar-refractivity contribution >= 4 is 5.96 Å². The molecule has 0 aromatic rings. The first-order valence-corrected chi connectivity index (χ1v) is 5.25. The summed E-state index contributed by atoms with van der Waals surface area (Å²) < 4.78 is 0. The molecule has 0 amide bonds. The molecule has 0 aromatic heterocycles. The molecule has 84 valence electrons. The van der Waals surface area contributed by atoms with Crippen LogP contribution in [0, 0.1) is 11.8 Å². The van der Waals surface area contributed by atoms with Crippen molar-refractivity contribution in [3.8, 4) is 0 Å². The summed E-state index contributed by atoms with van der Waals surface area (Å²) in [5, 5.41) is 3.14. The van der Waals surface area contributed by atoms with Crippen LogP contribution in [0.25, 0.3) is 0 Å². The Kier molecular flexibility index (Phi) is 6.28. The van der Waals surface area contributed by atoms with Gasteiger partial charge in [0.25, 0.3) is 0 Å². The van der Waals surface area contributed by atoms with Gasteiger partial charge in [-0.3, -0.25) is 10.4 Å². The minimum atomic E-state index is 0.346. The van der Waals surface area contributed by atoms with Crippen molar-refractivity contribution in [1.82, 2.24) is 10.7 Å². The minimum Gasteiger partial charge on any atom is -0.353 e. The van der Waals surface area contributed by atoms with Crippen LogP contribution in [0.3, 0.4) is 0 Å². The van der Waals surface area contributed by atoms with Crippen LogP contribution >= 0.6 is 0 Å². The number of guanidine groups is 1. The molecule has 4 N–H and O–H groups in total. The van der Waals surface area contributed by atoms with E-state index in [0.717, 1.165) is 6.54 Å². The zero-order valence-electron chi connectivity index (χ0n) is 9.96. The van der Waals surface area contributed by atoms with Gasteiger partial charge in [-0.2, -0.15) is 0 Å². The summed E-state index contributed by atoms with van der Waals surface area (Å²) in [6.45, 7) is 11.5. The fraction of sp³-hybridized carbons (Fsp3) is 0.900. The molecule has 4 nitrogen and oxygen atoms in total. The monoisotopic (exact) mass is 200 g/mol. The second-order valence-corrected chi connectivity index (χ2v) is 4.35. The number of nitrogens with zero attached hydrogens (tertiary/aromatic N) is 1. The van der Waals surface area contributed by atoms with Gasteiger partial charge >= 0.3 is 0 Å². The van der Waals surface area contributed by atoms with Crippen molar-refractivity contribution in [3.63, 3.8) is 0 Å². The van der Waals surface area contributed by atoms with E-state index in [9.17, 15) is 0 Å². The molecule has 14 heavy (non-hydrogen) atoms. The molecule has 0 rings (SSSR count). The highest BCUT2D eigenvalue weighted by Crippen LogP contribution is 2.09. The summed E-state index contributed by atoms with van der Waals surface area (Å²) in [6.07, 6.45) is 0. The van der Waals surface area contributed by atoms with E-state index >= 15 is 0 Å². The average Bonchev–Trinajstić information content (AvgIpc) is 2.10. The van der Waals surface area contributed by atoms with Crippen molar-refractivity contribution in [3.05, 3.63) is 0 Å². The Morgan fingerprint density at radius 2 is 1.79 bits per heavy atom. The summed E-state index contributed by atoms with van der Waals surface area (Å²) in [6, 6.07) is 0.346. The van der Waals surface area contributed by atoms with Crippen LogP contribution in [0.5, 0.6) is 0 Å². The van der Waals surface area contributed by atoms with E-state index in [-0.39, 0.29) is 0 Å². The molecule has 1 unspecified atom stereocenters. The number of nitrogens with one attached hydrogen (secondary N) is 2. The predicted molar refractivity (Wildman–Crippen MR) is 61.9 cm³/mol. The highest BCUT2D eigenvalue weighted by Gasteiger charge is 2.06. The van der Waals surface area contributed by atoms with Gasteiger partial charge in [0.15, 0.2) is 0 Å². The Labute approximate surface area is 87.3 Å². The van der Waals surface area contributed by atoms with Crippen molar-refractivity contribution in [1.29, 1.82) is 0 Å². The molecular weight excluding hydrogens is 176 g/mol. The van der Waals surface area contributed by atoms with E-state index in [1.165, 1.54) is 0 Å². The molecule has 0 radical (unpaired) electrons. The maximum atomic E-state index is 5.34. The van der Waals surface area contributed by atoms with Gasteiger partial charge in [0.2, 0.25) is 5.96 Å². The Morgan fingerprint density at radius 3 is 2.14 bits per heavy atom. The molecule has 0 saturated heterocycles. The lowest BCUT2D eigenvalue weighted by atomic mass is 9.99. The summed E-state index contributed by atoms with van der Waals surface area (Å²) in [5.74, 6) is 7.24. The number of hydrogen-bond acceptors (Lipinski definition) is 2. The Balaban J connectivity index is 4.04. The molecule has 1 atom stereocenters. The molecule has 0 saturated carbocycles. The maximum absolute atomic E-state index is 5.34. The van der Waals surface area contributed by atoms with Crippen molar-refractivity contribution in [2.45, 2.75) is 40.7 Å². The smallest absolute Gasteiger partial charge is 0.205 e. The molecule has 0 aliphatic heterocycles. The van der Waals surface area contributed by atoms with Crippen LogP contribution in [0.1, 0.15) is 34.6 Å². The van der Waals surface area contributed by atoms with Crippen LogP contribution in [0.15, 0.2) is 4.99 Å². The quantitative estimate of drug-likeness (QED) is 0.275. The molecule has 0 aromatic carbocycles. The first-order chi connectivity index (χ1) is 6.47. The van der Waals surface area contributed by atoms with Crippen molar-refractivity contribution < 1.29 is 0 Å². The van der Waals surface area contributed by atoms with Gasteiger partial charge in [-0.15, -0.1) is 0 Å². The zero-order valence-corrected chi connectivity index (χ0v) is 9.96. The van der Waals surface area contributed by atoms with E-state index in [1.807, 2.05) is 0 Å². The van der Waals surface area contributed by atoms with Crippen LogP contribution in [0.2, 0.25) is 0 Å². The third kappa shape index (κ3) is 5.80. The fourth-order valence-corrected chi connectivity index (χ4v) is 0.852. The fourth-order valence-electron chi connectivity index (χ4n) is 0.852. The highest BCUT2D eigenvalue weighted by atomic mass is 15.3. The van der Waals surface area contributed by atoms with Crippen molar-refractivity contribution in [2.75, 3.05) is 6.54 Å². The van der Waals surface area contributed by atoms with Gasteiger partial charge in [0, 0.05) is 12.6 Å². The predicted octanol–water partition coefficient (Wildman–Crippen LogP) is 1.10. The van der Waals surface area contributed by atoms with Gasteiger partial charge in [-0.05, 0) is 25.7 Å². The van der Waals surface area contributed by atoms with Crippen LogP contribution < -0.4 is 16.6 Å².